The highest BCUT2D eigenvalue weighted by Crippen LogP contribution is 2.23. The molecule has 3 unspecified atom stereocenters. The number of ether oxygens (including phenoxy) is 2. The van der Waals surface area contributed by atoms with E-state index in [4.69, 9.17) is 9.47 Å². The smallest absolute Gasteiger partial charge is 0.306 e. The van der Waals surface area contributed by atoms with Crippen molar-refractivity contribution in [2.45, 2.75) is 181 Å². The summed E-state index contributed by atoms with van der Waals surface area (Å²) in [6, 6.07) is 0. The Labute approximate surface area is 298 Å². The Balaban J connectivity index is 3.98. The Morgan fingerprint density at radius 3 is 1.65 bits per heavy atom. The summed E-state index contributed by atoms with van der Waals surface area (Å²) in [7, 11) is 4.37. The minimum absolute atomic E-state index is 0.0111. The Morgan fingerprint density at radius 1 is 0.646 bits per heavy atom. The fraction of sp³-hybridized carbons (Fsp3) is 0.837. The number of carbonyl (C=O) groups excluding carboxylic acids is 2. The van der Waals surface area contributed by atoms with Crippen LogP contribution in [-0.2, 0) is 19.1 Å². The summed E-state index contributed by atoms with van der Waals surface area (Å²) in [6.45, 7) is 12.4. The predicted molar refractivity (Wildman–Crippen MR) is 204 cm³/mol. The zero-order chi connectivity index (χ0) is 35.5. The quantitative estimate of drug-likeness (QED) is 0.0387. The number of hydrogen-bond acceptors (Lipinski definition) is 5. The van der Waals surface area contributed by atoms with Crippen LogP contribution in [0, 0.1) is 17.8 Å². The average Bonchev–Trinajstić information content (AvgIpc) is 3.05. The number of hydrogen-bond donors (Lipinski definition) is 0. The first-order valence-electron chi connectivity index (χ1n) is 20.1. The third kappa shape index (κ3) is 32.5. The van der Waals surface area contributed by atoms with E-state index in [0.29, 0.717) is 32.0 Å². The molecule has 0 heterocycles. The molecule has 48 heavy (non-hydrogen) atoms. The minimum atomic E-state index is -0.100. The topological polar surface area (TPSA) is 55.8 Å². The molecule has 0 aromatic heterocycles. The van der Waals surface area contributed by atoms with Gasteiger partial charge in [-0.3, -0.25) is 9.59 Å². The van der Waals surface area contributed by atoms with E-state index < -0.39 is 0 Å². The molecule has 3 atom stereocenters. The molecular formula is C43H77NO4. The van der Waals surface area contributed by atoms with Crippen LogP contribution in [0.4, 0.5) is 0 Å². The van der Waals surface area contributed by atoms with E-state index in [0.717, 1.165) is 50.9 Å². The van der Waals surface area contributed by atoms with E-state index in [-0.39, 0.29) is 17.9 Å². The van der Waals surface area contributed by atoms with Crippen molar-refractivity contribution in [3.05, 3.63) is 29.8 Å². The van der Waals surface area contributed by atoms with Crippen LogP contribution in [0.25, 0.3) is 0 Å². The van der Waals surface area contributed by atoms with E-state index >= 15 is 0 Å². The normalized spacial score (nSPS) is 12.9. The third-order valence-electron chi connectivity index (χ3n) is 9.43. The molecule has 0 amide bonds. The van der Waals surface area contributed by atoms with Gasteiger partial charge in [0.15, 0.2) is 0 Å². The van der Waals surface area contributed by atoms with Gasteiger partial charge in [0.1, 0.15) is 0 Å². The first-order chi connectivity index (χ1) is 23.3. The van der Waals surface area contributed by atoms with Crippen LogP contribution in [0.15, 0.2) is 29.8 Å². The number of rotatable bonds is 34. The standard InChI is InChI=1S/C43H77NO4/c1-7-10-21-28-39(4)37-42(45)47-35-26-19-15-13-17-24-29-40(33-34-44(5)6)30-25-18-14-16-20-27-36-48-43(46)38-41(31-22-11-8-2)32-23-12-9-3/h31,39-41H,2,7,9-10,12-21,23-30,32-38H2,1,3-6H3. The van der Waals surface area contributed by atoms with Crippen LogP contribution in [0.5, 0.6) is 0 Å². The van der Waals surface area contributed by atoms with E-state index in [1.54, 1.807) is 0 Å². The van der Waals surface area contributed by atoms with Gasteiger partial charge in [0.25, 0.3) is 0 Å². The first-order valence-corrected chi connectivity index (χ1v) is 20.1. The summed E-state index contributed by atoms with van der Waals surface area (Å²) in [5, 5.41) is 0. The molecule has 0 bridgehead atoms. The summed E-state index contributed by atoms with van der Waals surface area (Å²) in [5.74, 6) is 1.32. The third-order valence-corrected chi connectivity index (χ3v) is 9.43. The molecule has 0 aromatic carbocycles. The number of allylic oxidation sites excluding steroid dienone is 1. The van der Waals surface area contributed by atoms with E-state index in [1.165, 1.54) is 109 Å². The van der Waals surface area contributed by atoms with E-state index in [1.807, 2.05) is 6.08 Å². The molecule has 0 aliphatic carbocycles. The summed E-state index contributed by atoms with van der Waals surface area (Å²) in [6.07, 6.45) is 30.7. The molecule has 0 saturated carbocycles. The Hall–Kier alpha value is -2.02. The highest BCUT2D eigenvalue weighted by Gasteiger charge is 2.13. The van der Waals surface area contributed by atoms with Crippen molar-refractivity contribution in [1.82, 2.24) is 4.90 Å². The van der Waals surface area contributed by atoms with Crippen molar-refractivity contribution in [1.29, 1.82) is 0 Å². The van der Waals surface area contributed by atoms with Crippen LogP contribution in [0.3, 0.4) is 0 Å². The van der Waals surface area contributed by atoms with Gasteiger partial charge in [-0.05, 0) is 82.5 Å². The summed E-state index contributed by atoms with van der Waals surface area (Å²) < 4.78 is 11.0. The Bertz CT molecular complexity index is 879. The molecule has 0 aromatic rings. The molecular weight excluding hydrogens is 594 g/mol. The van der Waals surface area contributed by atoms with Gasteiger partial charge in [-0.1, -0.05) is 154 Å². The van der Waals surface area contributed by atoms with Crippen molar-refractivity contribution in [2.24, 2.45) is 17.8 Å². The molecule has 5 heteroatoms. The van der Waals surface area contributed by atoms with Crippen molar-refractivity contribution < 1.29 is 19.1 Å². The predicted octanol–water partition coefficient (Wildman–Crippen LogP) is 11.9. The molecule has 0 aliphatic rings. The maximum Gasteiger partial charge on any atom is 0.306 e. The van der Waals surface area contributed by atoms with Gasteiger partial charge in [0.05, 0.1) is 19.6 Å². The van der Waals surface area contributed by atoms with E-state index in [9.17, 15) is 9.59 Å². The lowest BCUT2D eigenvalue weighted by Crippen LogP contribution is -2.17. The zero-order valence-corrected chi connectivity index (χ0v) is 32.4. The largest absolute Gasteiger partial charge is 0.466 e. The second-order valence-corrected chi connectivity index (χ2v) is 14.6. The first kappa shape index (κ1) is 46.0. The van der Waals surface area contributed by atoms with Crippen molar-refractivity contribution in [2.75, 3.05) is 33.9 Å². The van der Waals surface area contributed by atoms with Gasteiger partial charge in [-0.2, -0.15) is 0 Å². The highest BCUT2D eigenvalue weighted by molar-refractivity contribution is 5.70. The van der Waals surface area contributed by atoms with Crippen molar-refractivity contribution in [3.63, 3.8) is 0 Å². The number of carbonyl (C=O) groups is 2. The summed E-state index contributed by atoms with van der Waals surface area (Å²) in [4.78, 5) is 26.7. The molecule has 0 N–H and O–H groups in total. The number of nitrogens with zero attached hydrogens (tertiary/aromatic N) is 1. The number of unbranched alkanes of at least 4 members (excludes halogenated alkanes) is 14. The monoisotopic (exact) mass is 672 g/mol. The van der Waals surface area contributed by atoms with Crippen LogP contribution in [0.1, 0.15) is 181 Å². The van der Waals surface area contributed by atoms with Gasteiger partial charge in [0.2, 0.25) is 0 Å². The SMILES string of the molecule is C=C=C=C=CC(CCCCC)CC(=O)OCCCCCCCCC(CCCCCCCCOC(=O)CC(C)CCCCC)CCN(C)C. The van der Waals surface area contributed by atoms with Gasteiger partial charge in [-0.25, -0.2) is 0 Å². The highest BCUT2D eigenvalue weighted by atomic mass is 16.5. The zero-order valence-electron chi connectivity index (χ0n) is 32.4. The summed E-state index contributed by atoms with van der Waals surface area (Å²) >= 11 is 0. The van der Waals surface area contributed by atoms with Gasteiger partial charge >= 0.3 is 11.9 Å². The molecule has 0 spiro atoms. The minimum Gasteiger partial charge on any atom is -0.466 e. The fourth-order valence-electron chi connectivity index (χ4n) is 6.30. The van der Waals surface area contributed by atoms with Gasteiger partial charge < -0.3 is 14.4 Å². The Kier molecular flexibility index (Phi) is 33.4. The van der Waals surface area contributed by atoms with Gasteiger partial charge in [-0.15, -0.1) is 0 Å². The van der Waals surface area contributed by atoms with Crippen LogP contribution < -0.4 is 0 Å². The molecule has 0 aliphatic heterocycles. The van der Waals surface area contributed by atoms with Crippen LogP contribution in [-0.4, -0.2) is 50.7 Å². The van der Waals surface area contributed by atoms with Crippen LogP contribution in [0.2, 0.25) is 0 Å². The molecule has 0 radical (unpaired) electrons. The lowest BCUT2D eigenvalue weighted by molar-refractivity contribution is -0.145. The van der Waals surface area contributed by atoms with Crippen molar-refractivity contribution in [3.8, 4) is 0 Å². The molecule has 0 saturated heterocycles. The Morgan fingerprint density at radius 2 is 1.12 bits per heavy atom. The lowest BCUT2D eigenvalue weighted by atomic mass is 9.91. The molecule has 5 nitrogen and oxygen atoms in total. The van der Waals surface area contributed by atoms with E-state index in [2.05, 4.69) is 63.5 Å². The van der Waals surface area contributed by atoms with Gasteiger partial charge in [0, 0.05) is 6.42 Å². The fourth-order valence-corrected chi connectivity index (χ4v) is 6.30. The second kappa shape index (κ2) is 34.8. The van der Waals surface area contributed by atoms with Crippen molar-refractivity contribution >= 4 is 11.9 Å². The maximum atomic E-state index is 12.4. The molecule has 278 valence electrons. The van der Waals surface area contributed by atoms with Crippen LogP contribution >= 0.6 is 0 Å². The average molecular weight is 672 g/mol. The second-order valence-electron chi connectivity index (χ2n) is 14.6. The number of esters is 2. The lowest BCUT2D eigenvalue weighted by Gasteiger charge is -2.19. The molecule has 0 fully saturated rings. The summed E-state index contributed by atoms with van der Waals surface area (Å²) in [5.41, 5.74) is 8.27. The maximum absolute atomic E-state index is 12.4. The molecule has 0 rings (SSSR count).